The zero-order chi connectivity index (χ0) is 19.1. The van der Waals surface area contributed by atoms with Gasteiger partial charge in [-0.15, -0.1) is 11.3 Å². The summed E-state index contributed by atoms with van der Waals surface area (Å²) in [5, 5.41) is 3.78. The molecule has 0 aliphatic heterocycles. The number of benzene rings is 1. The predicted molar refractivity (Wildman–Crippen MR) is 92.0 cm³/mol. The Hall–Kier alpha value is -2.59. The second-order valence-corrected chi connectivity index (χ2v) is 8.27. The zero-order valence-corrected chi connectivity index (χ0v) is 15.2. The van der Waals surface area contributed by atoms with E-state index < -0.39 is 27.4 Å². The molecule has 0 saturated heterocycles. The summed E-state index contributed by atoms with van der Waals surface area (Å²) in [4.78, 5) is 16.2. The van der Waals surface area contributed by atoms with Crippen molar-refractivity contribution in [3.63, 3.8) is 0 Å². The molecule has 10 heteroatoms. The maximum atomic E-state index is 13.9. The monoisotopic (exact) mass is 398 g/mol. The smallest absolute Gasteiger partial charge is 0.293 e. The van der Waals surface area contributed by atoms with Gasteiger partial charge in [0.15, 0.2) is 10.9 Å². The Morgan fingerprint density at radius 1 is 1.23 bits per heavy atom. The lowest BCUT2D eigenvalue weighted by molar-refractivity contribution is 0.0991. The van der Waals surface area contributed by atoms with Crippen LogP contribution in [0.4, 0.5) is 13.9 Å². The molecule has 2 heterocycles. The van der Waals surface area contributed by atoms with Crippen LogP contribution >= 0.6 is 11.3 Å². The SMILES string of the molecule is Cc1cc(-c2csc(NC(=O)c3ccc(S(C)(=O)=O)o3)n2)c(F)cc1F. The van der Waals surface area contributed by atoms with E-state index in [2.05, 4.69) is 10.3 Å². The molecule has 0 atom stereocenters. The summed E-state index contributed by atoms with van der Waals surface area (Å²) < 4.78 is 55.0. The van der Waals surface area contributed by atoms with Crippen LogP contribution in [0.5, 0.6) is 0 Å². The predicted octanol–water partition coefficient (Wildman–Crippen LogP) is 3.65. The Labute approximate surface area is 151 Å². The number of nitrogens with one attached hydrogen (secondary N) is 1. The van der Waals surface area contributed by atoms with Gasteiger partial charge in [-0.1, -0.05) is 0 Å². The van der Waals surface area contributed by atoms with Crippen molar-refractivity contribution in [2.45, 2.75) is 12.0 Å². The fourth-order valence-electron chi connectivity index (χ4n) is 2.11. The largest absolute Gasteiger partial charge is 0.440 e. The molecule has 136 valence electrons. The highest BCUT2D eigenvalue weighted by molar-refractivity contribution is 7.90. The number of furan rings is 1. The van der Waals surface area contributed by atoms with Crippen molar-refractivity contribution in [3.8, 4) is 11.3 Å². The van der Waals surface area contributed by atoms with Crippen LogP contribution in [0.2, 0.25) is 0 Å². The first-order valence-electron chi connectivity index (χ1n) is 7.18. The van der Waals surface area contributed by atoms with E-state index in [1.165, 1.54) is 30.5 Å². The molecule has 6 nitrogen and oxygen atoms in total. The number of aromatic nitrogens is 1. The summed E-state index contributed by atoms with van der Waals surface area (Å²) in [7, 11) is -3.56. The molecule has 26 heavy (non-hydrogen) atoms. The lowest BCUT2D eigenvalue weighted by atomic mass is 10.1. The summed E-state index contributed by atoms with van der Waals surface area (Å²) in [5.41, 5.74) is 0.615. The highest BCUT2D eigenvalue weighted by atomic mass is 32.2. The fraction of sp³-hybridized carbons (Fsp3) is 0.125. The molecular weight excluding hydrogens is 386 g/mol. The first-order valence-corrected chi connectivity index (χ1v) is 9.95. The van der Waals surface area contributed by atoms with E-state index in [1.54, 1.807) is 0 Å². The Bertz CT molecular complexity index is 1100. The number of amides is 1. The fourth-order valence-corrected chi connectivity index (χ4v) is 3.37. The van der Waals surface area contributed by atoms with E-state index in [0.29, 0.717) is 0 Å². The number of halogens is 2. The van der Waals surface area contributed by atoms with Gasteiger partial charge < -0.3 is 4.42 Å². The molecule has 1 aromatic carbocycles. The maximum absolute atomic E-state index is 13.9. The summed E-state index contributed by atoms with van der Waals surface area (Å²) in [6.07, 6.45) is 0.958. The number of sulfone groups is 1. The third-order valence-corrected chi connectivity index (χ3v) is 5.13. The third kappa shape index (κ3) is 3.65. The first-order chi connectivity index (χ1) is 12.1. The molecule has 1 N–H and O–H groups in total. The summed E-state index contributed by atoms with van der Waals surface area (Å²) in [6.45, 7) is 1.50. The molecule has 0 bridgehead atoms. The average molecular weight is 398 g/mol. The standard InChI is InChI=1S/C16H12F2N2O4S2/c1-8-5-9(11(18)6-10(8)17)12-7-25-16(19-12)20-15(21)13-3-4-14(24-13)26(2,22)23/h3-7H,1-2H3,(H,19,20,21). The quantitative estimate of drug-likeness (QED) is 0.725. The first kappa shape index (κ1) is 18.2. The molecule has 0 aliphatic rings. The van der Waals surface area contributed by atoms with Gasteiger partial charge in [0, 0.05) is 23.3 Å². The van der Waals surface area contributed by atoms with Crippen LogP contribution in [-0.2, 0) is 9.84 Å². The second-order valence-electron chi connectivity index (χ2n) is 5.46. The van der Waals surface area contributed by atoms with Crippen molar-refractivity contribution in [2.75, 3.05) is 11.6 Å². The van der Waals surface area contributed by atoms with Gasteiger partial charge in [-0.25, -0.2) is 22.2 Å². The zero-order valence-electron chi connectivity index (χ0n) is 13.5. The molecule has 2 aromatic heterocycles. The van der Waals surface area contributed by atoms with Gasteiger partial charge in [-0.05, 0) is 30.7 Å². The Morgan fingerprint density at radius 3 is 2.62 bits per heavy atom. The normalized spacial score (nSPS) is 11.5. The Balaban J connectivity index is 1.82. The molecule has 3 rings (SSSR count). The van der Waals surface area contributed by atoms with E-state index in [9.17, 15) is 22.0 Å². The number of carbonyl (C=O) groups is 1. The maximum Gasteiger partial charge on any atom is 0.293 e. The van der Waals surface area contributed by atoms with Crippen molar-refractivity contribution in [1.29, 1.82) is 0 Å². The molecule has 1 amide bonds. The van der Waals surface area contributed by atoms with Crippen LogP contribution in [0.25, 0.3) is 11.3 Å². The molecule has 0 saturated carbocycles. The van der Waals surface area contributed by atoms with Crippen molar-refractivity contribution in [2.24, 2.45) is 0 Å². The highest BCUT2D eigenvalue weighted by Gasteiger charge is 2.19. The Morgan fingerprint density at radius 2 is 1.96 bits per heavy atom. The number of anilines is 1. The van der Waals surface area contributed by atoms with Crippen molar-refractivity contribution >= 4 is 32.2 Å². The van der Waals surface area contributed by atoms with Crippen LogP contribution in [0.1, 0.15) is 16.1 Å². The minimum atomic E-state index is -3.56. The van der Waals surface area contributed by atoms with E-state index >= 15 is 0 Å². The van der Waals surface area contributed by atoms with Gasteiger partial charge in [0.1, 0.15) is 11.6 Å². The van der Waals surface area contributed by atoms with Crippen LogP contribution in [0.15, 0.2) is 39.2 Å². The molecule has 0 aliphatic carbocycles. The lowest BCUT2D eigenvalue weighted by Gasteiger charge is -2.03. The van der Waals surface area contributed by atoms with Crippen LogP contribution in [0, 0.1) is 18.6 Å². The second kappa shape index (κ2) is 6.61. The molecule has 0 spiro atoms. The van der Waals surface area contributed by atoms with Crippen LogP contribution in [-0.4, -0.2) is 25.6 Å². The van der Waals surface area contributed by atoms with E-state index in [1.807, 2.05) is 0 Å². The van der Waals surface area contributed by atoms with Gasteiger partial charge in [0.25, 0.3) is 5.91 Å². The number of aryl methyl sites for hydroxylation is 1. The van der Waals surface area contributed by atoms with Gasteiger partial charge in [0.2, 0.25) is 14.9 Å². The minimum Gasteiger partial charge on any atom is -0.440 e. The van der Waals surface area contributed by atoms with Crippen LogP contribution in [0.3, 0.4) is 0 Å². The van der Waals surface area contributed by atoms with Gasteiger partial charge >= 0.3 is 0 Å². The lowest BCUT2D eigenvalue weighted by Crippen LogP contribution is -2.10. The van der Waals surface area contributed by atoms with Crippen molar-refractivity contribution < 1.29 is 26.4 Å². The Kier molecular flexibility index (Phi) is 4.63. The minimum absolute atomic E-state index is 0.109. The number of hydrogen-bond acceptors (Lipinski definition) is 6. The van der Waals surface area contributed by atoms with Crippen LogP contribution < -0.4 is 5.32 Å². The number of nitrogens with zero attached hydrogens (tertiary/aromatic N) is 1. The molecule has 3 aromatic rings. The summed E-state index contributed by atoms with van der Waals surface area (Å²) in [6, 6.07) is 4.51. The van der Waals surface area contributed by atoms with Crippen molar-refractivity contribution in [1.82, 2.24) is 4.98 Å². The number of hydrogen-bond donors (Lipinski definition) is 1. The molecular formula is C16H12F2N2O4S2. The third-order valence-electron chi connectivity index (χ3n) is 3.42. The molecule has 0 radical (unpaired) electrons. The van der Waals surface area contributed by atoms with E-state index in [-0.39, 0.29) is 32.8 Å². The number of carbonyl (C=O) groups excluding carboxylic acids is 1. The molecule has 0 fully saturated rings. The van der Waals surface area contributed by atoms with Gasteiger partial charge in [0.05, 0.1) is 5.69 Å². The summed E-state index contributed by atoms with van der Waals surface area (Å²) >= 11 is 1.04. The topological polar surface area (TPSA) is 89.3 Å². The van der Waals surface area contributed by atoms with E-state index in [4.69, 9.17) is 4.42 Å². The summed E-state index contributed by atoms with van der Waals surface area (Å²) in [5.74, 6) is -2.32. The van der Waals surface area contributed by atoms with Gasteiger partial charge in [-0.2, -0.15) is 0 Å². The molecule has 0 unspecified atom stereocenters. The number of rotatable bonds is 4. The van der Waals surface area contributed by atoms with Gasteiger partial charge in [-0.3, -0.25) is 10.1 Å². The number of thiazole rings is 1. The van der Waals surface area contributed by atoms with E-state index in [0.717, 1.165) is 23.7 Å². The highest BCUT2D eigenvalue weighted by Crippen LogP contribution is 2.29. The average Bonchev–Trinajstić information content (AvgIpc) is 3.19. The van der Waals surface area contributed by atoms with Crippen molar-refractivity contribution in [3.05, 3.63) is 52.6 Å².